The standard InChI is InChI=1S/C21H24N2O3S/c1-4-11-22(15(2)24)14-20(25)23-12-9-19-18(10-13-27-19)21(23)16-5-7-17(26-3)8-6-16/h4-8,10,13,21H,1,9,11-12,14H2,2-3H3. The summed E-state index contributed by atoms with van der Waals surface area (Å²) in [4.78, 5) is 29.6. The van der Waals surface area contributed by atoms with Crippen LogP contribution in [0.1, 0.15) is 29.0 Å². The topological polar surface area (TPSA) is 49.9 Å². The van der Waals surface area contributed by atoms with Crippen LogP contribution in [0.25, 0.3) is 0 Å². The quantitative estimate of drug-likeness (QED) is 0.719. The number of rotatable bonds is 6. The number of hydrogen-bond acceptors (Lipinski definition) is 4. The molecule has 2 amide bonds. The normalized spacial score (nSPS) is 15.8. The van der Waals surface area contributed by atoms with Crippen LogP contribution >= 0.6 is 11.3 Å². The summed E-state index contributed by atoms with van der Waals surface area (Å²) in [5.41, 5.74) is 2.21. The Morgan fingerprint density at radius 3 is 2.70 bits per heavy atom. The van der Waals surface area contributed by atoms with Gasteiger partial charge in [-0.25, -0.2) is 0 Å². The van der Waals surface area contributed by atoms with E-state index in [-0.39, 0.29) is 24.4 Å². The molecule has 0 saturated heterocycles. The Balaban J connectivity index is 1.91. The summed E-state index contributed by atoms with van der Waals surface area (Å²) in [6, 6.07) is 9.79. The number of methoxy groups -OCH3 is 1. The fraction of sp³-hybridized carbons (Fsp3) is 0.333. The predicted octanol–water partition coefficient (Wildman–Crippen LogP) is 3.27. The second-order valence-electron chi connectivity index (χ2n) is 6.50. The molecule has 1 unspecified atom stereocenters. The third-order valence-electron chi connectivity index (χ3n) is 4.84. The van der Waals surface area contributed by atoms with Gasteiger partial charge in [0.25, 0.3) is 0 Å². The third-order valence-corrected chi connectivity index (χ3v) is 5.84. The van der Waals surface area contributed by atoms with Gasteiger partial charge in [-0.15, -0.1) is 17.9 Å². The summed E-state index contributed by atoms with van der Waals surface area (Å²) in [5, 5.41) is 2.08. The molecule has 0 radical (unpaired) electrons. The minimum atomic E-state index is -0.143. The smallest absolute Gasteiger partial charge is 0.243 e. The van der Waals surface area contributed by atoms with Crippen molar-refractivity contribution in [2.24, 2.45) is 0 Å². The number of benzene rings is 1. The Kier molecular flexibility index (Phi) is 5.96. The molecule has 5 nitrogen and oxygen atoms in total. The van der Waals surface area contributed by atoms with E-state index < -0.39 is 0 Å². The summed E-state index contributed by atoms with van der Waals surface area (Å²) in [5.74, 6) is 0.605. The van der Waals surface area contributed by atoms with Gasteiger partial charge in [0.2, 0.25) is 11.8 Å². The average Bonchev–Trinajstić information content (AvgIpc) is 3.15. The maximum atomic E-state index is 13.1. The summed E-state index contributed by atoms with van der Waals surface area (Å²) in [6.07, 6.45) is 2.48. The molecule has 2 aromatic rings. The van der Waals surface area contributed by atoms with Crippen LogP contribution in [-0.2, 0) is 16.0 Å². The lowest BCUT2D eigenvalue weighted by Gasteiger charge is -2.37. The van der Waals surface area contributed by atoms with E-state index in [0.717, 1.165) is 17.7 Å². The first-order valence-corrected chi connectivity index (χ1v) is 9.79. The van der Waals surface area contributed by atoms with Gasteiger partial charge >= 0.3 is 0 Å². The van der Waals surface area contributed by atoms with E-state index >= 15 is 0 Å². The van der Waals surface area contributed by atoms with Crippen LogP contribution in [0.15, 0.2) is 48.4 Å². The van der Waals surface area contributed by atoms with Crippen LogP contribution in [0.2, 0.25) is 0 Å². The zero-order valence-corrected chi connectivity index (χ0v) is 16.5. The second kappa shape index (κ2) is 8.39. The molecule has 0 aliphatic carbocycles. The highest BCUT2D eigenvalue weighted by Crippen LogP contribution is 2.38. The first-order valence-electron chi connectivity index (χ1n) is 8.91. The number of amides is 2. The van der Waals surface area contributed by atoms with E-state index in [2.05, 4.69) is 18.0 Å². The van der Waals surface area contributed by atoms with Crippen molar-refractivity contribution >= 4 is 23.2 Å². The van der Waals surface area contributed by atoms with Gasteiger partial charge in [-0.3, -0.25) is 9.59 Å². The number of ether oxygens (including phenoxy) is 1. The van der Waals surface area contributed by atoms with E-state index in [1.54, 1.807) is 24.5 Å². The molecule has 2 heterocycles. The van der Waals surface area contributed by atoms with Gasteiger partial charge in [0.15, 0.2) is 0 Å². The number of nitrogens with zero attached hydrogens (tertiary/aromatic N) is 2. The van der Waals surface area contributed by atoms with Crippen molar-refractivity contribution < 1.29 is 14.3 Å². The van der Waals surface area contributed by atoms with Crippen LogP contribution in [0, 0.1) is 0 Å². The van der Waals surface area contributed by atoms with E-state index in [1.807, 2.05) is 29.2 Å². The molecule has 0 bridgehead atoms. The molecule has 27 heavy (non-hydrogen) atoms. The van der Waals surface area contributed by atoms with E-state index in [1.165, 1.54) is 22.3 Å². The largest absolute Gasteiger partial charge is 0.497 e. The molecular formula is C21H24N2O3S. The Hall–Kier alpha value is -2.60. The molecule has 1 aliphatic heterocycles. The molecule has 1 aromatic heterocycles. The van der Waals surface area contributed by atoms with Crippen LogP contribution < -0.4 is 4.74 Å². The third kappa shape index (κ3) is 4.06. The van der Waals surface area contributed by atoms with Crippen LogP contribution in [-0.4, -0.2) is 48.4 Å². The Morgan fingerprint density at radius 2 is 2.07 bits per heavy atom. The lowest BCUT2D eigenvalue weighted by molar-refractivity contribution is -0.140. The van der Waals surface area contributed by atoms with Gasteiger partial charge < -0.3 is 14.5 Å². The highest BCUT2D eigenvalue weighted by atomic mass is 32.1. The maximum Gasteiger partial charge on any atom is 0.243 e. The zero-order chi connectivity index (χ0) is 19.4. The second-order valence-corrected chi connectivity index (χ2v) is 7.50. The molecule has 1 aromatic carbocycles. The number of fused-ring (bicyclic) bond motifs is 1. The van der Waals surface area contributed by atoms with Crippen LogP contribution in [0.5, 0.6) is 5.75 Å². The van der Waals surface area contributed by atoms with Crippen molar-refractivity contribution in [3.63, 3.8) is 0 Å². The van der Waals surface area contributed by atoms with Gasteiger partial charge in [0.05, 0.1) is 13.2 Å². The number of hydrogen-bond donors (Lipinski definition) is 0. The van der Waals surface area contributed by atoms with Gasteiger partial charge in [-0.2, -0.15) is 0 Å². The molecule has 142 valence electrons. The molecule has 3 rings (SSSR count). The van der Waals surface area contributed by atoms with Crippen LogP contribution in [0.3, 0.4) is 0 Å². The SMILES string of the molecule is C=CCN(CC(=O)N1CCc2sccc2C1c1ccc(OC)cc1)C(C)=O. The highest BCUT2D eigenvalue weighted by Gasteiger charge is 2.33. The summed E-state index contributed by atoms with van der Waals surface area (Å²) in [7, 11) is 1.64. The Labute approximate surface area is 163 Å². The van der Waals surface area contributed by atoms with Gasteiger partial charge in [-0.1, -0.05) is 18.2 Å². The average molecular weight is 385 g/mol. The summed E-state index contributed by atoms with van der Waals surface area (Å²) in [6.45, 7) is 6.22. The number of carbonyl (C=O) groups is 2. The minimum Gasteiger partial charge on any atom is -0.497 e. The summed E-state index contributed by atoms with van der Waals surface area (Å²) >= 11 is 1.73. The molecule has 6 heteroatoms. The lowest BCUT2D eigenvalue weighted by atomic mass is 9.93. The fourth-order valence-corrected chi connectivity index (χ4v) is 4.35. The lowest BCUT2D eigenvalue weighted by Crippen LogP contribution is -2.46. The highest BCUT2D eigenvalue weighted by molar-refractivity contribution is 7.10. The Bertz CT molecular complexity index is 828. The van der Waals surface area contributed by atoms with Crippen molar-refractivity contribution in [1.82, 2.24) is 9.80 Å². The van der Waals surface area contributed by atoms with Gasteiger partial charge in [-0.05, 0) is 41.1 Å². The van der Waals surface area contributed by atoms with Crippen LogP contribution in [0.4, 0.5) is 0 Å². The Morgan fingerprint density at radius 1 is 1.33 bits per heavy atom. The van der Waals surface area contributed by atoms with Crippen molar-refractivity contribution in [2.75, 3.05) is 26.7 Å². The molecule has 0 N–H and O–H groups in total. The molecule has 0 fully saturated rings. The van der Waals surface area contributed by atoms with E-state index in [0.29, 0.717) is 13.1 Å². The van der Waals surface area contributed by atoms with Crippen molar-refractivity contribution in [3.05, 3.63) is 64.4 Å². The molecule has 0 spiro atoms. The molecule has 1 aliphatic rings. The predicted molar refractivity (Wildman–Crippen MR) is 107 cm³/mol. The van der Waals surface area contributed by atoms with Crippen molar-refractivity contribution in [1.29, 1.82) is 0 Å². The molecule has 1 atom stereocenters. The first kappa shape index (κ1) is 19.2. The van der Waals surface area contributed by atoms with Crippen molar-refractivity contribution in [2.45, 2.75) is 19.4 Å². The minimum absolute atomic E-state index is 0.0512. The van der Waals surface area contributed by atoms with Gasteiger partial charge in [0.1, 0.15) is 12.3 Å². The zero-order valence-electron chi connectivity index (χ0n) is 15.7. The summed E-state index contributed by atoms with van der Waals surface area (Å²) < 4.78 is 5.26. The van der Waals surface area contributed by atoms with E-state index in [9.17, 15) is 9.59 Å². The maximum absolute atomic E-state index is 13.1. The first-order chi connectivity index (χ1) is 13.0. The number of thiophene rings is 1. The van der Waals surface area contributed by atoms with Crippen molar-refractivity contribution in [3.8, 4) is 5.75 Å². The van der Waals surface area contributed by atoms with E-state index in [4.69, 9.17) is 4.74 Å². The molecule has 0 saturated carbocycles. The van der Waals surface area contributed by atoms with Gasteiger partial charge in [0, 0.05) is 24.9 Å². The number of carbonyl (C=O) groups excluding carboxylic acids is 2. The fourth-order valence-electron chi connectivity index (χ4n) is 3.45. The molecular weight excluding hydrogens is 360 g/mol. The monoisotopic (exact) mass is 384 g/mol.